The summed E-state index contributed by atoms with van der Waals surface area (Å²) in [5.74, 6) is -0.851. The monoisotopic (exact) mass is 679 g/mol. The van der Waals surface area contributed by atoms with Crippen molar-refractivity contribution in [3.8, 4) is 0 Å². The Morgan fingerprint density at radius 2 is 1.02 bits per heavy atom. The highest BCUT2D eigenvalue weighted by atomic mass is 31.2. The number of carbonyl (C=O) groups excluding carboxylic acids is 2. The van der Waals surface area contributed by atoms with Gasteiger partial charge in [-0.15, -0.1) is 0 Å². The molecule has 0 aromatic carbocycles. The number of nitrogens with zero attached hydrogens (tertiary/aromatic N) is 1. The lowest BCUT2D eigenvalue weighted by atomic mass is 10.0. The lowest BCUT2D eigenvalue weighted by Gasteiger charge is -2.24. The third kappa shape index (κ3) is 32.9. The normalized spacial score (nSPS) is 13.8. The molecule has 9 nitrogen and oxygen atoms in total. The number of rotatable bonds is 34. The molecule has 0 aliphatic carbocycles. The predicted octanol–water partition coefficient (Wildman–Crippen LogP) is 9.68. The molecule has 0 radical (unpaired) electrons. The number of ether oxygens (including phenoxy) is 2. The number of esters is 2. The molecule has 2 atom stereocenters. The number of phosphoric acid groups is 1. The Bertz CT molecular complexity index is 774. The van der Waals surface area contributed by atoms with E-state index in [2.05, 4.69) is 6.92 Å². The molecule has 10 heteroatoms. The van der Waals surface area contributed by atoms with Gasteiger partial charge in [0.2, 0.25) is 0 Å². The maximum absolute atomic E-state index is 12.4. The summed E-state index contributed by atoms with van der Waals surface area (Å²) < 4.78 is 33.5. The fourth-order valence-electron chi connectivity index (χ4n) is 5.17. The average molecular weight is 679 g/mol. The zero-order valence-corrected chi connectivity index (χ0v) is 31.5. The molecule has 2 unspecified atom stereocenters. The molecule has 0 aliphatic rings. The van der Waals surface area contributed by atoms with Gasteiger partial charge in [-0.25, -0.2) is 4.57 Å². The van der Waals surface area contributed by atoms with Crippen LogP contribution in [0.2, 0.25) is 0 Å². The summed E-state index contributed by atoms with van der Waals surface area (Å²) in [6, 6.07) is 0. The van der Waals surface area contributed by atoms with Crippen LogP contribution in [0.3, 0.4) is 0 Å². The van der Waals surface area contributed by atoms with Crippen LogP contribution < -0.4 is 0 Å². The Labute approximate surface area is 283 Å². The molecule has 46 heavy (non-hydrogen) atoms. The van der Waals surface area contributed by atoms with Gasteiger partial charge in [-0.2, -0.15) is 0 Å². The summed E-state index contributed by atoms with van der Waals surface area (Å²) in [5, 5.41) is 0. The van der Waals surface area contributed by atoms with Crippen molar-refractivity contribution in [1.82, 2.24) is 0 Å². The van der Waals surface area contributed by atoms with Crippen molar-refractivity contribution >= 4 is 19.8 Å². The number of phosphoric ester groups is 1. The fourth-order valence-corrected chi connectivity index (χ4v) is 5.91. The molecule has 274 valence electrons. The molecule has 0 aliphatic heterocycles. The minimum Gasteiger partial charge on any atom is -0.462 e. The third-order valence-corrected chi connectivity index (χ3v) is 9.09. The van der Waals surface area contributed by atoms with Gasteiger partial charge in [0, 0.05) is 12.8 Å². The van der Waals surface area contributed by atoms with Gasteiger partial charge in [-0.3, -0.25) is 18.6 Å². The van der Waals surface area contributed by atoms with Gasteiger partial charge in [0.25, 0.3) is 0 Å². The Balaban J connectivity index is 3.92. The van der Waals surface area contributed by atoms with E-state index in [1.54, 1.807) is 0 Å². The van der Waals surface area contributed by atoms with Crippen LogP contribution >= 0.6 is 7.82 Å². The van der Waals surface area contributed by atoms with Crippen LogP contribution in [-0.4, -0.2) is 74.9 Å². The maximum Gasteiger partial charge on any atom is 0.472 e. The number of hydrogen-bond donors (Lipinski definition) is 1. The fraction of sp³-hybridized carbons (Fsp3) is 0.944. The van der Waals surface area contributed by atoms with Crippen molar-refractivity contribution in [2.75, 3.05) is 47.5 Å². The number of quaternary nitrogens is 1. The van der Waals surface area contributed by atoms with Crippen molar-refractivity contribution in [3.05, 3.63) is 0 Å². The van der Waals surface area contributed by atoms with Gasteiger partial charge < -0.3 is 18.9 Å². The summed E-state index contributed by atoms with van der Waals surface area (Å²) in [6.07, 6.45) is 27.5. The number of likely N-dealkylation sites (N-methyl/N-ethyl adjacent to an activating group) is 1. The van der Waals surface area contributed by atoms with E-state index in [-0.39, 0.29) is 26.1 Å². The van der Waals surface area contributed by atoms with Gasteiger partial charge in [0.1, 0.15) is 19.8 Å². The highest BCUT2D eigenvalue weighted by Gasteiger charge is 2.27. The molecule has 0 saturated carbocycles. The van der Waals surface area contributed by atoms with E-state index in [9.17, 15) is 19.0 Å². The Morgan fingerprint density at radius 3 is 1.43 bits per heavy atom. The highest BCUT2D eigenvalue weighted by Crippen LogP contribution is 2.43. The summed E-state index contributed by atoms with van der Waals surface area (Å²) in [7, 11) is 1.48. The first-order chi connectivity index (χ1) is 22.0. The SMILES string of the molecule is CCCCCCCCCCCCCCCCCCCCCCCC(=O)OC(COC(=O)CCC)COP(=O)(O)OCC[N+](C)(C)C. The summed E-state index contributed by atoms with van der Waals surface area (Å²) in [4.78, 5) is 34.3. The van der Waals surface area contributed by atoms with Crippen molar-refractivity contribution in [2.45, 2.75) is 174 Å². The van der Waals surface area contributed by atoms with E-state index in [0.717, 1.165) is 12.8 Å². The van der Waals surface area contributed by atoms with Crippen LogP contribution in [0, 0.1) is 0 Å². The minimum absolute atomic E-state index is 0.0344. The van der Waals surface area contributed by atoms with Gasteiger partial charge in [0.15, 0.2) is 6.10 Å². The smallest absolute Gasteiger partial charge is 0.462 e. The van der Waals surface area contributed by atoms with Crippen molar-refractivity contribution in [3.63, 3.8) is 0 Å². The molecule has 0 aromatic rings. The van der Waals surface area contributed by atoms with Crippen LogP contribution in [0.1, 0.15) is 168 Å². The van der Waals surface area contributed by atoms with Crippen molar-refractivity contribution < 1.29 is 42.1 Å². The van der Waals surface area contributed by atoms with Crippen LogP contribution in [0.15, 0.2) is 0 Å². The first-order valence-electron chi connectivity index (χ1n) is 18.8. The second kappa shape index (κ2) is 30.1. The van der Waals surface area contributed by atoms with Crippen LogP contribution in [0.5, 0.6) is 0 Å². The Kier molecular flexibility index (Phi) is 29.4. The molecule has 0 amide bonds. The first kappa shape index (κ1) is 45.0. The topological polar surface area (TPSA) is 108 Å². The molecule has 0 fully saturated rings. The zero-order valence-electron chi connectivity index (χ0n) is 30.6. The molecule has 0 aromatic heterocycles. The summed E-state index contributed by atoms with van der Waals surface area (Å²) >= 11 is 0. The lowest BCUT2D eigenvalue weighted by Crippen LogP contribution is -2.37. The van der Waals surface area contributed by atoms with Crippen LogP contribution in [0.4, 0.5) is 0 Å². The van der Waals surface area contributed by atoms with Crippen molar-refractivity contribution in [2.24, 2.45) is 0 Å². The van der Waals surface area contributed by atoms with Crippen LogP contribution in [-0.2, 0) is 32.7 Å². The van der Waals surface area contributed by atoms with Gasteiger partial charge in [-0.05, 0) is 12.8 Å². The van der Waals surface area contributed by atoms with Crippen molar-refractivity contribution in [1.29, 1.82) is 0 Å². The predicted molar refractivity (Wildman–Crippen MR) is 188 cm³/mol. The second-order valence-electron chi connectivity index (χ2n) is 14.0. The van der Waals surface area contributed by atoms with E-state index < -0.39 is 32.5 Å². The molecule has 0 heterocycles. The largest absolute Gasteiger partial charge is 0.472 e. The Hall–Kier alpha value is -0.990. The van der Waals surface area contributed by atoms with E-state index in [0.29, 0.717) is 23.9 Å². The van der Waals surface area contributed by atoms with Gasteiger partial charge in [0.05, 0.1) is 27.7 Å². The maximum atomic E-state index is 12.4. The molecule has 1 N–H and O–H groups in total. The third-order valence-electron chi connectivity index (χ3n) is 8.11. The second-order valence-corrected chi connectivity index (χ2v) is 15.4. The standard InChI is InChI=1S/C36H72NO8P/c1-6-8-9-10-11-12-13-14-15-16-17-18-19-20-21-22-23-24-25-26-27-29-36(39)45-34(32-42-35(38)28-7-2)33-44-46(40,41)43-31-30-37(3,4)5/h34H,6-33H2,1-5H3/p+1. The molecular weight excluding hydrogens is 605 g/mol. The molecule has 0 bridgehead atoms. The van der Waals surface area contributed by atoms with Crippen LogP contribution in [0.25, 0.3) is 0 Å². The lowest BCUT2D eigenvalue weighted by molar-refractivity contribution is -0.870. The van der Waals surface area contributed by atoms with Gasteiger partial charge in [-0.1, -0.05) is 142 Å². The van der Waals surface area contributed by atoms with E-state index in [4.69, 9.17) is 18.5 Å². The highest BCUT2D eigenvalue weighted by molar-refractivity contribution is 7.47. The average Bonchev–Trinajstić information content (AvgIpc) is 2.98. The number of carbonyl (C=O) groups is 2. The van der Waals surface area contributed by atoms with E-state index >= 15 is 0 Å². The molecule has 0 rings (SSSR count). The zero-order chi connectivity index (χ0) is 34.4. The van der Waals surface area contributed by atoms with E-state index in [1.807, 2.05) is 28.1 Å². The quantitative estimate of drug-likeness (QED) is 0.0310. The molecule has 0 spiro atoms. The molecule has 0 saturated heterocycles. The summed E-state index contributed by atoms with van der Waals surface area (Å²) in [6.45, 7) is 4.05. The summed E-state index contributed by atoms with van der Waals surface area (Å²) in [5.41, 5.74) is 0. The Morgan fingerprint density at radius 1 is 0.587 bits per heavy atom. The minimum atomic E-state index is -4.34. The van der Waals surface area contributed by atoms with Gasteiger partial charge >= 0.3 is 19.8 Å². The molecular formula is C36H73NO8P+. The van der Waals surface area contributed by atoms with E-state index in [1.165, 1.54) is 116 Å². The number of hydrogen-bond acceptors (Lipinski definition) is 7. The number of unbranched alkanes of at least 4 members (excludes halogenated alkanes) is 20. The first-order valence-corrected chi connectivity index (χ1v) is 20.3.